The Kier molecular flexibility index (Phi) is 3.46. The molecule has 0 spiro atoms. The van der Waals surface area contributed by atoms with E-state index in [-0.39, 0.29) is 16.7 Å². The second-order valence-corrected chi connectivity index (χ2v) is 5.13. The number of nitrogens with zero attached hydrogens (tertiary/aromatic N) is 1. The van der Waals surface area contributed by atoms with Crippen molar-refractivity contribution in [2.75, 3.05) is 11.5 Å². The summed E-state index contributed by atoms with van der Waals surface area (Å²) in [7, 11) is 0. The third-order valence-corrected chi connectivity index (χ3v) is 4.20. The van der Waals surface area contributed by atoms with Crippen molar-refractivity contribution in [1.82, 2.24) is 0 Å². The summed E-state index contributed by atoms with van der Waals surface area (Å²) >= 11 is 1.83. The first-order valence-corrected chi connectivity index (χ1v) is 6.39. The normalized spacial score (nSPS) is 24.6. The van der Waals surface area contributed by atoms with E-state index in [4.69, 9.17) is 5.73 Å². The number of hydrogen-bond acceptors (Lipinski definition) is 4. The molecule has 4 nitrogen and oxygen atoms in total. The average Bonchev–Trinajstić information content (AvgIpc) is 2.65. The molecule has 0 bridgehead atoms. The maximum absolute atomic E-state index is 10.8. The number of rotatable bonds is 3. The average molecular weight is 238 g/mol. The second kappa shape index (κ2) is 4.84. The molecule has 1 aliphatic rings. The van der Waals surface area contributed by atoms with Crippen molar-refractivity contribution in [2.45, 2.75) is 12.5 Å². The van der Waals surface area contributed by atoms with Crippen LogP contribution in [0.25, 0.3) is 0 Å². The lowest BCUT2D eigenvalue weighted by molar-refractivity contribution is -0.385. The molecule has 0 aliphatic carbocycles. The smallest absolute Gasteiger partial charge is 0.272 e. The van der Waals surface area contributed by atoms with Crippen molar-refractivity contribution in [3.8, 4) is 0 Å². The van der Waals surface area contributed by atoms with E-state index in [9.17, 15) is 10.1 Å². The predicted octanol–water partition coefficient (Wildman–Crippen LogP) is 1.83. The van der Waals surface area contributed by atoms with Gasteiger partial charge in [-0.25, -0.2) is 0 Å². The van der Waals surface area contributed by atoms with Crippen LogP contribution in [-0.2, 0) is 6.42 Å². The third kappa shape index (κ3) is 2.36. The Morgan fingerprint density at radius 2 is 2.19 bits per heavy atom. The molecule has 1 aliphatic heterocycles. The molecule has 0 aromatic heterocycles. The molecule has 5 heteroatoms. The number of nitro benzene ring substituents is 1. The van der Waals surface area contributed by atoms with Crippen molar-refractivity contribution in [3.63, 3.8) is 0 Å². The number of nitro groups is 1. The van der Waals surface area contributed by atoms with Gasteiger partial charge in [0.25, 0.3) is 5.69 Å². The van der Waals surface area contributed by atoms with Crippen LogP contribution >= 0.6 is 11.8 Å². The number of hydrogen-bond donors (Lipinski definition) is 1. The van der Waals surface area contributed by atoms with E-state index >= 15 is 0 Å². The Morgan fingerprint density at radius 1 is 1.44 bits per heavy atom. The minimum atomic E-state index is -0.317. The van der Waals surface area contributed by atoms with Crippen molar-refractivity contribution >= 4 is 17.4 Å². The molecule has 0 saturated carbocycles. The highest BCUT2D eigenvalue weighted by molar-refractivity contribution is 7.99. The molecule has 2 N–H and O–H groups in total. The molecule has 1 saturated heterocycles. The van der Waals surface area contributed by atoms with Crippen LogP contribution in [0.15, 0.2) is 24.3 Å². The Balaban J connectivity index is 2.17. The van der Waals surface area contributed by atoms with Crippen LogP contribution in [0.1, 0.15) is 5.56 Å². The molecule has 16 heavy (non-hydrogen) atoms. The lowest BCUT2D eigenvalue weighted by Gasteiger charge is -2.13. The molecular weight excluding hydrogens is 224 g/mol. The number of benzene rings is 1. The monoisotopic (exact) mass is 238 g/mol. The third-order valence-electron chi connectivity index (χ3n) is 2.92. The summed E-state index contributed by atoms with van der Waals surface area (Å²) in [6.45, 7) is 0. The fourth-order valence-electron chi connectivity index (χ4n) is 1.97. The highest BCUT2D eigenvalue weighted by atomic mass is 32.2. The van der Waals surface area contributed by atoms with Crippen LogP contribution < -0.4 is 5.73 Å². The highest BCUT2D eigenvalue weighted by Crippen LogP contribution is 2.29. The van der Waals surface area contributed by atoms with Gasteiger partial charge in [0.1, 0.15) is 0 Å². The minimum absolute atomic E-state index is 0.171. The SMILES string of the molecule is NC1CSCC1Cc1ccccc1[N+](=O)[O-]. The van der Waals surface area contributed by atoms with E-state index in [1.54, 1.807) is 12.1 Å². The van der Waals surface area contributed by atoms with Gasteiger partial charge < -0.3 is 5.73 Å². The van der Waals surface area contributed by atoms with Gasteiger partial charge in [-0.05, 0) is 18.1 Å². The van der Waals surface area contributed by atoms with Gasteiger partial charge in [0.15, 0.2) is 0 Å². The van der Waals surface area contributed by atoms with Gasteiger partial charge in [-0.3, -0.25) is 10.1 Å². The number of thioether (sulfide) groups is 1. The predicted molar refractivity (Wildman–Crippen MR) is 65.6 cm³/mol. The summed E-state index contributed by atoms with van der Waals surface area (Å²) in [6, 6.07) is 7.10. The van der Waals surface area contributed by atoms with E-state index < -0.39 is 0 Å². The van der Waals surface area contributed by atoms with Crippen LogP contribution in [0.4, 0.5) is 5.69 Å². The Bertz CT molecular complexity index is 397. The molecule has 0 radical (unpaired) electrons. The van der Waals surface area contributed by atoms with E-state index in [1.165, 1.54) is 0 Å². The first-order valence-electron chi connectivity index (χ1n) is 5.24. The topological polar surface area (TPSA) is 69.2 Å². The Labute approximate surface area is 98.4 Å². The van der Waals surface area contributed by atoms with Crippen LogP contribution in [0.2, 0.25) is 0 Å². The van der Waals surface area contributed by atoms with Crippen molar-refractivity contribution in [1.29, 1.82) is 0 Å². The first kappa shape index (κ1) is 11.4. The second-order valence-electron chi connectivity index (χ2n) is 4.05. The van der Waals surface area contributed by atoms with E-state index in [2.05, 4.69) is 0 Å². The van der Waals surface area contributed by atoms with E-state index in [0.29, 0.717) is 12.3 Å². The Hall–Kier alpha value is -1.07. The van der Waals surface area contributed by atoms with Crippen LogP contribution in [0.5, 0.6) is 0 Å². The van der Waals surface area contributed by atoms with E-state index in [1.807, 2.05) is 23.9 Å². The van der Waals surface area contributed by atoms with Gasteiger partial charge in [0.2, 0.25) is 0 Å². The van der Waals surface area contributed by atoms with Crippen molar-refractivity contribution in [3.05, 3.63) is 39.9 Å². The molecule has 2 unspecified atom stereocenters. The number of para-hydroxylation sites is 1. The van der Waals surface area contributed by atoms with Crippen molar-refractivity contribution in [2.24, 2.45) is 11.7 Å². The van der Waals surface area contributed by atoms with Gasteiger partial charge in [-0.15, -0.1) is 0 Å². The highest BCUT2D eigenvalue weighted by Gasteiger charge is 2.26. The molecule has 1 aromatic rings. The molecule has 1 fully saturated rings. The van der Waals surface area contributed by atoms with Crippen LogP contribution in [0.3, 0.4) is 0 Å². The largest absolute Gasteiger partial charge is 0.327 e. The number of nitrogens with two attached hydrogens (primary N) is 1. The van der Waals surface area contributed by atoms with Gasteiger partial charge in [-0.2, -0.15) is 11.8 Å². The first-order chi connectivity index (χ1) is 7.68. The standard InChI is InChI=1S/C11H14N2O2S/c12-10-7-16-6-9(10)5-8-3-1-2-4-11(8)13(14)15/h1-4,9-10H,5-7,12H2. The minimum Gasteiger partial charge on any atom is -0.327 e. The molecular formula is C11H14N2O2S. The molecule has 1 heterocycles. The fourth-order valence-corrected chi connectivity index (χ4v) is 3.32. The van der Waals surface area contributed by atoms with Crippen LogP contribution in [0, 0.1) is 16.0 Å². The van der Waals surface area contributed by atoms with Gasteiger partial charge in [-0.1, -0.05) is 18.2 Å². The fraction of sp³-hybridized carbons (Fsp3) is 0.455. The summed E-state index contributed by atoms with van der Waals surface area (Å²) in [6.07, 6.45) is 0.714. The van der Waals surface area contributed by atoms with Gasteiger partial charge in [0, 0.05) is 23.4 Å². The lowest BCUT2D eigenvalue weighted by Crippen LogP contribution is -2.29. The summed E-state index contributed by atoms with van der Waals surface area (Å²) in [5.41, 5.74) is 6.98. The zero-order chi connectivity index (χ0) is 11.5. The summed E-state index contributed by atoms with van der Waals surface area (Å²) < 4.78 is 0. The molecule has 86 valence electrons. The lowest BCUT2D eigenvalue weighted by atomic mass is 9.95. The Morgan fingerprint density at radius 3 is 2.81 bits per heavy atom. The quantitative estimate of drug-likeness (QED) is 0.644. The zero-order valence-corrected chi connectivity index (χ0v) is 9.65. The van der Waals surface area contributed by atoms with Crippen molar-refractivity contribution < 1.29 is 4.92 Å². The molecule has 1 aromatic carbocycles. The van der Waals surface area contributed by atoms with Crippen LogP contribution in [-0.4, -0.2) is 22.5 Å². The summed E-state index contributed by atoms with van der Waals surface area (Å²) in [5.74, 6) is 2.34. The molecule has 0 amide bonds. The van der Waals surface area contributed by atoms with Gasteiger partial charge >= 0.3 is 0 Å². The van der Waals surface area contributed by atoms with E-state index in [0.717, 1.165) is 17.1 Å². The molecule has 2 atom stereocenters. The summed E-state index contributed by atoms with van der Waals surface area (Å²) in [4.78, 5) is 10.5. The zero-order valence-electron chi connectivity index (χ0n) is 8.83. The maximum Gasteiger partial charge on any atom is 0.272 e. The van der Waals surface area contributed by atoms with Gasteiger partial charge in [0.05, 0.1) is 4.92 Å². The molecule has 2 rings (SSSR count). The maximum atomic E-state index is 10.8. The summed E-state index contributed by atoms with van der Waals surface area (Å²) in [5, 5.41) is 10.8.